The van der Waals surface area contributed by atoms with Crippen molar-refractivity contribution in [1.82, 2.24) is 0 Å². The van der Waals surface area contributed by atoms with Crippen LogP contribution in [-0.4, -0.2) is 24.9 Å². The van der Waals surface area contributed by atoms with Gasteiger partial charge in [-0.05, 0) is 49.2 Å². The van der Waals surface area contributed by atoms with Crippen LogP contribution in [0.5, 0.6) is 11.5 Å². The Kier molecular flexibility index (Phi) is 7.12. The predicted octanol–water partition coefficient (Wildman–Crippen LogP) is 0.160. The van der Waals surface area contributed by atoms with Gasteiger partial charge >= 0.3 is 0 Å². The molecule has 0 amide bonds. The zero-order valence-electron chi connectivity index (χ0n) is 14.2. The van der Waals surface area contributed by atoms with E-state index in [1.54, 1.807) is 36.4 Å². The van der Waals surface area contributed by atoms with Gasteiger partial charge in [0.1, 0.15) is 11.5 Å². The van der Waals surface area contributed by atoms with Gasteiger partial charge in [0.15, 0.2) is 0 Å². The third-order valence-corrected chi connectivity index (χ3v) is 4.17. The van der Waals surface area contributed by atoms with Gasteiger partial charge in [-0.3, -0.25) is 22.3 Å². The fourth-order valence-electron chi connectivity index (χ4n) is 2.16. The highest BCUT2D eigenvalue weighted by Crippen LogP contribution is 2.26. The minimum atomic E-state index is 0.217. The van der Waals surface area contributed by atoms with Crippen molar-refractivity contribution >= 4 is 34.9 Å². The molecule has 2 rings (SSSR count). The molecule has 8 heteroatoms. The van der Waals surface area contributed by atoms with Crippen LogP contribution >= 0.6 is 23.2 Å². The number of ether oxygens (including phenoxy) is 2. The first-order valence-electron chi connectivity index (χ1n) is 7.99. The summed E-state index contributed by atoms with van der Waals surface area (Å²) in [7, 11) is 0. The molecule has 2 aromatic carbocycles. The Balaban J connectivity index is 1.73. The SMILES string of the molecule is NC(=[NH2+])c1ccc(OCCCCOc2ccc(C(N)=[NH2+])cc2Cl)c(Cl)c1. The van der Waals surface area contributed by atoms with E-state index < -0.39 is 0 Å². The molecular weight excluding hydrogens is 375 g/mol. The molecule has 0 aliphatic carbocycles. The van der Waals surface area contributed by atoms with Gasteiger partial charge in [0.2, 0.25) is 0 Å². The Morgan fingerprint density at radius 3 is 1.46 bits per heavy atom. The summed E-state index contributed by atoms with van der Waals surface area (Å²) in [5, 5.41) is 12.0. The smallest absolute Gasteiger partial charge is 0.270 e. The van der Waals surface area contributed by atoms with Gasteiger partial charge in [0, 0.05) is 0 Å². The van der Waals surface area contributed by atoms with Crippen molar-refractivity contribution in [2.24, 2.45) is 11.5 Å². The molecule has 6 nitrogen and oxygen atoms in total. The highest BCUT2D eigenvalue weighted by Gasteiger charge is 2.08. The Morgan fingerprint density at radius 2 is 1.15 bits per heavy atom. The number of rotatable bonds is 9. The maximum Gasteiger partial charge on any atom is 0.270 e. The number of benzene rings is 2. The van der Waals surface area contributed by atoms with E-state index in [4.69, 9.17) is 55.0 Å². The molecule has 0 aliphatic rings. The van der Waals surface area contributed by atoms with E-state index in [1.165, 1.54) is 0 Å². The van der Waals surface area contributed by atoms with E-state index in [-0.39, 0.29) is 11.7 Å². The van der Waals surface area contributed by atoms with Gasteiger partial charge in [-0.25, -0.2) is 0 Å². The van der Waals surface area contributed by atoms with Gasteiger partial charge in [-0.1, -0.05) is 23.2 Å². The summed E-state index contributed by atoms with van der Waals surface area (Å²) >= 11 is 12.3. The second-order valence-corrected chi connectivity index (χ2v) is 6.42. The van der Waals surface area contributed by atoms with E-state index in [2.05, 4.69) is 0 Å². The van der Waals surface area contributed by atoms with Gasteiger partial charge in [0.05, 0.1) is 34.4 Å². The highest BCUT2D eigenvalue weighted by atomic mass is 35.5. The normalized spacial score (nSPS) is 10.4. The maximum atomic E-state index is 6.14. The lowest BCUT2D eigenvalue weighted by Crippen LogP contribution is -2.46. The van der Waals surface area contributed by atoms with E-state index in [0.29, 0.717) is 45.9 Å². The van der Waals surface area contributed by atoms with E-state index >= 15 is 0 Å². The minimum absolute atomic E-state index is 0.217. The van der Waals surface area contributed by atoms with E-state index in [1.807, 2.05) is 0 Å². The molecule has 0 atom stereocenters. The fourth-order valence-corrected chi connectivity index (χ4v) is 2.63. The standard InChI is InChI=1S/C18H20Cl2N4O2/c19-13-9-11(17(21)22)3-5-15(13)25-7-1-2-8-26-16-6-4-12(18(23)24)10-14(16)20/h3-6,9-10H,1-2,7-8H2,(H3,21,22)(H3,23,24)/p+2. The molecule has 26 heavy (non-hydrogen) atoms. The summed E-state index contributed by atoms with van der Waals surface area (Å²) in [6.07, 6.45) is 1.59. The van der Waals surface area contributed by atoms with Crippen LogP contribution in [0.3, 0.4) is 0 Å². The van der Waals surface area contributed by atoms with Crippen molar-refractivity contribution < 1.29 is 20.3 Å². The van der Waals surface area contributed by atoms with Crippen molar-refractivity contribution in [2.45, 2.75) is 12.8 Å². The second-order valence-electron chi connectivity index (χ2n) is 5.61. The van der Waals surface area contributed by atoms with Gasteiger partial charge in [-0.2, -0.15) is 0 Å². The number of hydrogen-bond acceptors (Lipinski definition) is 2. The fraction of sp³-hybridized carbons (Fsp3) is 0.222. The van der Waals surface area contributed by atoms with Crippen molar-refractivity contribution in [3.63, 3.8) is 0 Å². The van der Waals surface area contributed by atoms with Crippen LogP contribution in [0.25, 0.3) is 0 Å². The molecule has 0 spiro atoms. The van der Waals surface area contributed by atoms with Crippen molar-refractivity contribution in [3.8, 4) is 11.5 Å². The molecular formula is C18H22Cl2N4O2+2. The summed E-state index contributed by atoms with van der Waals surface area (Å²) in [6, 6.07) is 10.4. The Labute approximate surface area is 162 Å². The van der Waals surface area contributed by atoms with Crippen LogP contribution in [0.15, 0.2) is 36.4 Å². The van der Waals surface area contributed by atoms with Crippen LogP contribution in [0.2, 0.25) is 10.0 Å². The summed E-state index contributed by atoms with van der Waals surface area (Å²) in [5.41, 5.74) is 12.4. The molecule has 0 fully saturated rings. The quantitative estimate of drug-likeness (QED) is 0.274. The first-order valence-corrected chi connectivity index (χ1v) is 8.75. The van der Waals surface area contributed by atoms with Gasteiger partial charge < -0.3 is 9.47 Å². The monoisotopic (exact) mass is 396 g/mol. The largest absolute Gasteiger partial charge is 0.492 e. The number of nitrogens with two attached hydrogens (primary N) is 4. The Morgan fingerprint density at radius 1 is 0.769 bits per heavy atom. The molecule has 0 bridgehead atoms. The van der Waals surface area contributed by atoms with Crippen LogP contribution in [0.1, 0.15) is 24.0 Å². The van der Waals surface area contributed by atoms with Gasteiger partial charge in [-0.15, -0.1) is 0 Å². The van der Waals surface area contributed by atoms with Crippen molar-refractivity contribution in [2.75, 3.05) is 13.2 Å². The lowest BCUT2D eigenvalue weighted by molar-refractivity contribution is -0.115. The number of amidine groups is 2. The number of unbranched alkanes of at least 4 members (excludes halogenated alkanes) is 1. The zero-order chi connectivity index (χ0) is 19.1. The molecule has 0 saturated carbocycles. The third-order valence-electron chi connectivity index (χ3n) is 3.58. The average Bonchev–Trinajstić information content (AvgIpc) is 2.59. The molecule has 0 aromatic heterocycles. The second kappa shape index (κ2) is 9.31. The summed E-state index contributed by atoms with van der Waals surface area (Å²) in [6.45, 7) is 1.02. The molecule has 138 valence electrons. The predicted molar refractivity (Wildman–Crippen MR) is 104 cm³/mol. The molecule has 8 N–H and O–H groups in total. The van der Waals surface area contributed by atoms with E-state index in [0.717, 1.165) is 12.8 Å². The van der Waals surface area contributed by atoms with Crippen LogP contribution < -0.4 is 31.8 Å². The third kappa shape index (κ3) is 5.54. The zero-order valence-corrected chi connectivity index (χ0v) is 15.7. The first-order chi connectivity index (χ1) is 12.4. The molecule has 0 heterocycles. The number of hydrogen-bond donors (Lipinski definition) is 4. The maximum absolute atomic E-state index is 6.14. The molecule has 0 aliphatic heterocycles. The highest BCUT2D eigenvalue weighted by molar-refractivity contribution is 6.32. The average molecular weight is 397 g/mol. The van der Waals surface area contributed by atoms with Crippen LogP contribution in [-0.2, 0) is 0 Å². The van der Waals surface area contributed by atoms with E-state index in [9.17, 15) is 0 Å². The molecule has 0 unspecified atom stereocenters. The molecule has 2 aromatic rings. The van der Waals surface area contributed by atoms with Crippen molar-refractivity contribution in [1.29, 1.82) is 0 Å². The van der Waals surface area contributed by atoms with Crippen LogP contribution in [0, 0.1) is 0 Å². The summed E-state index contributed by atoms with van der Waals surface area (Å²) < 4.78 is 11.3. The first kappa shape index (κ1) is 19.9. The van der Waals surface area contributed by atoms with Gasteiger partial charge in [0.25, 0.3) is 11.7 Å². The minimum Gasteiger partial charge on any atom is -0.492 e. The lowest BCUT2D eigenvalue weighted by Gasteiger charge is -2.10. The topological polar surface area (TPSA) is 122 Å². The summed E-state index contributed by atoms with van der Waals surface area (Å²) in [4.78, 5) is 0. The summed E-state index contributed by atoms with van der Waals surface area (Å²) in [5.74, 6) is 1.61. The Hall–Kier alpha value is -2.44. The molecule has 0 radical (unpaired) electrons. The Bertz CT molecular complexity index is 744. The number of halogens is 2. The van der Waals surface area contributed by atoms with Crippen LogP contribution in [0.4, 0.5) is 0 Å². The molecule has 0 saturated heterocycles. The lowest BCUT2D eigenvalue weighted by atomic mass is 10.2. The van der Waals surface area contributed by atoms with Crippen molar-refractivity contribution in [3.05, 3.63) is 57.6 Å².